The highest BCUT2D eigenvalue weighted by Crippen LogP contribution is 2.35. The number of amides is 2. The number of rotatable bonds is 6. The number of anilines is 1. The van der Waals surface area contributed by atoms with Crippen molar-refractivity contribution in [3.05, 3.63) is 83.7 Å². The van der Waals surface area contributed by atoms with Gasteiger partial charge in [-0.1, -0.05) is 31.0 Å². The van der Waals surface area contributed by atoms with E-state index in [1.807, 2.05) is 0 Å². The van der Waals surface area contributed by atoms with E-state index in [9.17, 15) is 19.1 Å². The number of ether oxygens (including phenoxy) is 2. The highest BCUT2D eigenvalue weighted by molar-refractivity contribution is 6.10. The first kappa shape index (κ1) is 23.7. The van der Waals surface area contributed by atoms with Gasteiger partial charge in [-0.25, -0.2) is 4.39 Å². The monoisotopic (exact) mass is 490 g/mol. The van der Waals surface area contributed by atoms with E-state index in [1.54, 1.807) is 36.4 Å². The Morgan fingerprint density at radius 2 is 1.67 bits per heavy atom. The molecule has 1 saturated carbocycles. The number of fused-ring (bicyclic) bond motifs is 1. The zero-order valence-electron chi connectivity index (χ0n) is 19.7. The standard InChI is InChI=1S/C28H27FN2O5/c29-20-4-3-7-22(17-20)31(28(34)19-10-13-24-25(16-19)36-15-14-35-24)26(18-8-11-23(32)12-9-18)27(33)30-21-5-1-2-6-21/h3-4,7-13,16-17,21,26,32H,1-2,5-6,14-15H2,(H,30,33)/t26-/m0/s1. The van der Waals surface area contributed by atoms with Gasteiger partial charge in [0, 0.05) is 17.3 Å². The zero-order valence-corrected chi connectivity index (χ0v) is 19.7. The van der Waals surface area contributed by atoms with Gasteiger partial charge in [0.05, 0.1) is 0 Å². The van der Waals surface area contributed by atoms with E-state index in [-0.39, 0.29) is 28.9 Å². The first-order valence-corrected chi connectivity index (χ1v) is 12.1. The molecule has 2 aliphatic rings. The van der Waals surface area contributed by atoms with Gasteiger partial charge in [0.2, 0.25) is 5.91 Å². The summed E-state index contributed by atoms with van der Waals surface area (Å²) in [7, 11) is 0. The molecule has 0 unspecified atom stereocenters. The van der Waals surface area contributed by atoms with Crippen LogP contribution in [0.2, 0.25) is 0 Å². The lowest BCUT2D eigenvalue weighted by molar-refractivity contribution is -0.123. The number of hydrogen-bond acceptors (Lipinski definition) is 5. The molecule has 5 rings (SSSR count). The van der Waals surface area contributed by atoms with Gasteiger partial charge in [0.15, 0.2) is 11.5 Å². The maximum atomic E-state index is 14.4. The quantitative estimate of drug-likeness (QED) is 0.521. The number of hydrogen-bond donors (Lipinski definition) is 2. The Labute approximate surface area is 208 Å². The molecule has 1 fully saturated rings. The largest absolute Gasteiger partial charge is 0.508 e. The first-order chi connectivity index (χ1) is 17.5. The van der Waals surface area contributed by atoms with E-state index in [0.717, 1.165) is 25.7 Å². The average Bonchev–Trinajstić information content (AvgIpc) is 3.40. The number of carbonyl (C=O) groups is 2. The highest BCUT2D eigenvalue weighted by Gasteiger charge is 2.35. The summed E-state index contributed by atoms with van der Waals surface area (Å²) in [6.45, 7) is 0.776. The number of halogens is 1. The van der Waals surface area contributed by atoms with Crippen molar-refractivity contribution in [2.75, 3.05) is 18.1 Å². The summed E-state index contributed by atoms with van der Waals surface area (Å²) in [5.74, 6) is -0.413. The third-order valence-electron chi connectivity index (χ3n) is 6.51. The second kappa shape index (κ2) is 10.3. The average molecular weight is 491 g/mol. The number of phenols is 1. The van der Waals surface area contributed by atoms with Crippen molar-refractivity contribution >= 4 is 17.5 Å². The topological polar surface area (TPSA) is 88.1 Å². The van der Waals surface area contributed by atoms with Crippen LogP contribution in [0.25, 0.3) is 0 Å². The summed E-state index contributed by atoms with van der Waals surface area (Å²) in [4.78, 5) is 29.1. The Morgan fingerprint density at radius 3 is 2.39 bits per heavy atom. The number of nitrogens with one attached hydrogen (secondary N) is 1. The molecule has 8 heteroatoms. The van der Waals surface area contributed by atoms with Crippen molar-refractivity contribution in [2.45, 2.75) is 37.8 Å². The summed E-state index contributed by atoms with van der Waals surface area (Å²) >= 11 is 0. The third kappa shape index (κ3) is 4.98. The normalized spacial score (nSPS) is 15.8. The number of carbonyl (C=O) groups excluding carboxylic acids is 2. The van der Waals surface area contributed by atoms with Crippen LogP contribution in [-0.4, -0.2) is 36.2 Å². The van der Waals surface area contributed by atoms with Crippen LogP contribution in [0.4, 0.5) is 10.1 Å². The lowest BCUT2D eigenvalue weighted by Crippen LogP contribution is -2.46. The molecule has 36 heavy (non-hydrogen) atoms. The highest BCUT2D eigenvalue weighted by atomic mass is 19.1. The van der Waals surface area contributed by atoms with Gasteiger partial charge in [-0.15, -0.1) is 0 Å². The Hall–Kier alpha value is -4.07. The van der Waals surface area contributed by atoms with Gasteiger partial charge >= 0.3 is 0 Å². The van der Waals surface area contributed by atoms with Crippen LogP contribution in [0.5, 0.6) is 17.2 Å². The fourth-order valence-electron chi connectivity index (χ4n) is 4.75. The molecule has 2 N–H and O–H groups in total. The minimum atomic E-state index is -1.10. The lowest BCUT2D eigenvalue weighted by Gasteiger charge is -2.32. The number of benzene rings is 3. The molecule has 186 valence electrons. The number of phenolic OH excluding ortho intramolecular Hbond substituents is 1. The van der Waals surface area contributed by atoms with Gasteiger partial charge in [0.25, 0.3) is 5.91 Å². The van der Waals surface area contributed by atoms with Crippen molar-refractivity contribution in [3.63, 3.8) is 0 Å². The molecule has 0 saturated heterocycles. The maximum Gasteiger partial charge on any atom is 0.259 e. The van der Waals surface area contributed by atoms with E-state index in [0.29, 0.717) is 30.3 Å². The smallest absolute Gasteiger partial charge is 0.259 e. The van der Waals surface area contributed by atoms with Gasteiger partial charge in [0.1, 0.15) is 30.8 Å². The van der Waals surface area contributed by atoms with Crippen molar-refractivity contribution in [3.8, 4) is 17.2 Å². The SMILES string of the molecule is O=C(NC1CCCC1)[C@H](c1ccc(O)cc1)N(C(=O)c1ccc2c(c1)OCCO2)c1cccc(F)c1. The second-order valence-electron chi connectivity index (χ2n) is 9.00. The summed E-state index contributed by atoms with van der Waals surface area (Å²) in [6, 6.07) is 15.5. The number of aromatic hydroxyl groups is 1. The van der Waals surface area contributed by atoms with Gasteiger partial charge in [-0.3, -0.25) is 14.5 Å². The van der Waals surface area contributed by atoms with Gasteiger partial charge in [-0.2, -0.15) is 0 Å². The molecule has 1 aliphatic heterocycles. The Kier molecular flexibility index (Phi) is 6.75. The van der Waals surface area contributed by atoms with Crippen LogP contribution >= 0.6 is 0 Å². The molecule has 2 amide bonds. The Balaban J connectivity index is 1.60. The Bertz CT molecular complexity index is 1260. The van der Waals surface area contributed by atoms with E-state index in [4.69, 9.17) is 9.47 Å². The minimum Gasteiger partial charge on any atom is -0.508 e. The van der Waals surface area contributed by atoms with Gasteiger partial charge in [-0.05, 0) is 66.9 Å². The molecular weight excluding hydrogens is 463 g/mol. The Morgan fingerprint density at radius 1 is 0.944 bits per heavy atom. The fraction of sp³-hybridized carbons (Fsp3) is 0.286. The van der Waals surface area contributed by atoms with Crippen LogP contribution in [0.1, 0.15) is 47.6 Å². The molecule has 0 bridgehead atoms. The predicted octanol–water partition coefficient (Wildman–Crippen LogP) is 4.75. The van der Waals surface area contributed by atoms with Gasteiger partial charge < -0.3 is 19.9 Å². The predicted molar refractivity (Wildman–Crippen MR) is 132 cm³/mol. The summed E-state index contributed by atoms with van der Waals surface area (Å²) in [5.41, 5.74) is 0.981. The minimum absolute atomic E-state index is 0.0101. The molecule has 0 aromatic heterocycles. The molecular formula is C28H27FN2O5. The molecule has 1 aliphatic carbocycles. The zero-order chi connectivity index (χ0) is 25.1. The molecule has 7 nitrogen and oxygen atoms in total. The van der Waals surface area contributed by atoms with Crippen LogP contribution in [0.3, 0.4) is 0 Å². The third-order valence-corrected chi connectivity index (χ3v) is 6.51. The fourth-order valence-corrected chi connectivity index (χ4v) is 4.75. The molecule has 3 aromatic rings. The molecule has 0 radical (unpaired) electrons. The van der Waals surface area contributed by atoms with Crippen LogP contribution < -0.4 is 19.7 Å². The van der Waals surface area contributed by atoms with Crippen LogP contribution in [0.15, 0.2) is 66.7 Å². The maximum absolute atomic E-state index is 14.4. The van der Waals surface area contributed by atoms with Crippen molar-refractivity contribution in [1.82, 2.24) is 5.32 Å². The molecule has 3 aromatic carbocycles. The molecule has 1 heterocycles. The van der Waals surface area contributed by atoms with E-state index >= 15 is 0 Å². The summed E-state index contributed by atoms with van der Waals surface area (Å²) < 4.78 is 25.6. The van der Waals surface area contributed by atoms with Crippen molar-refractivity contribution < 1.29 is 28.6 Å². The number of nitrogens with zero attached hydrogens (tertiary/aromatic N) is 1. The van der Waals surface area contributed by atoms with Crippen molar-refractivity contribution in [1.29, 1.82) is 0 Å². The molecule has 1 atom stereocenters. The van der Waals surface area contributed by atoms with Crippen molar-refractivity contribution in [2.24, 2.45) is 0 Å². The summed E-state index contributed by atoms with van der Waals surface area (Å²) in [5, 5.41) is 12.9. The van der Waals surface area contributed by atoms with E-state index < -0.39 is 17.8 Å². The van der Waals surface area contributed by atoms with Crippen LogP contribution in [-0.2, 0) is 4.79 Å². The molecule has 0 spiro atoms. The lowest BCUT2D eigenvalue weighted by atomic mass is 10.0. The van der Waals surface area contributed by atoms with Crippen LogP contribution in [0, 0.1) is 5.82 Å². The van der Waals surface area contributed by atoms with E-state index in [1.165, 1.54) is 35.2 Å². The van der Waals surface area contributed by atoms with E-state index in [2.05, 4.69) is 5.32 Å². The second-order valence-corrected chi connectivity index (χ2v) is 9.00. The summed E-state index contributed by atoms with van der Waals surface area (Å²) in [6.07, 6.45) is 3.78. The first-order valence-electron chi connectivity index (χ1n) is 12.1.